The van der Waals surface area contributed by atoms with E-state index in [9.17, 15) is 5.11 Å². The molecule has 2 heteroatoms. The van der Waals surface area contributed by atoms with Crippen LogP contribution in [0, 0.1) is 5.92 Å². The predicted octanol–water partition coefficient (Wildman–Crippen LogP) is 3.39. The van der Waals surface area contributed by atoms with Crippen LogP contribution in [0.2, 0.25) is 0 Å². The van der Waals surface area contributed by atoms with Crippen molar-refractivity contribution in [3.63, 3.8) is 0 Å². The molecule has 17 heavy (non-hydrogen) atoms. The quantitative estimate of drug-likeness (QED) is 0.701. The van der Waals surface area contributed by atoms with Crippen molar-refractivity contribution in [3.8, 4) is 0 Å². The largest absolute Gasteiger partial charge is 0.393 e. The third-order valence-corrected chi connectivity index (χ3v) is 2.68. The average molecular weight is 236 g/mol. The first-order valence-corrected chi connectivity index (χ1v) is 6.48. The van der Waals surface area contributed by atoms with Gasteiger partial charge in [-0.25, -0.2) is 0 Å². The van der Waals surface area contributed by atoms with Gasteiger partial charge in [-0.05, 0) is 30.7 Å². The van der Waals surface area contributed by atoms with Crippen LogP contribution in [0.3, 0.4) is 0 Å². The van der Waals surface area contributed by atoms with Crippen LogP contribution in [0.5, 0.6) is 0 Å². The summed E-state index contributed by atoms with van der Waals surface area (Å²) in [6.45, 7) is 5.66. The van der Waals surface area contributed by atoms with Gasteiger partial charge >= 0.3 is 0 Å². The summed E-state index contributed by atoms with van der Waals surface area (Å²) >= 11 is 0. The lowest BCUT2D eigenvalue weighted by atomic mass is 10.0. The Bertz CT molecular complexity index is 282. The number of aliphatic hydroxyl groups excluding tert-OH is 1. The van der Waals surface area contributed by atoms with Gasteiger partial charge in [0.2, 0.25) is 0 Å². The molecule has 0 aliphatic rings. The first-order valence-electron chi connectivity index (χ1n) is 6.48. The van der Waals surface area contributed by atoms with E-state index in [1.807, 2.05) is 18.2 Å². The molecule has 0 heterocycles. The van der Waals surface area contributed by atoms with Gasteiger partial charge < -0.3 is 9.84 Å². The van der Waals surface area contributed by atoms with Crippen molar-refractivity contribution in [2.75, 3.05) is 6.61 Å². The second-order valence-electron chi connectivity index (χ2n) is 4.96. The number of benzene rings is 1. The van der Waals surface area contributed by atoms with Crippen LogP contribution in [0.4, 0.5) is 0 Å². The fourth-order valence-electron chi connectivity index (χ4n) is 1.85. The molecule has 1 aromatic rings. The summed E-state index contributed by atoms with van der Waals surface area (Å²) in [6, 6.07) is 10.2. The molecule has 1 aromatic carbocycles. The van der Waals surface area contributed by atoms with Gasteiger partial charge in [-0.1, -0.05) is 44.2 Å². The molecule has 0 amide bonds. The minimum atomic E-state index is -0.171. The lowest BCUT2D eigenvalue weighted by molar-refractivity contribution is 0.0902. The highest BCUT2D eigenvalue weighted by atomic mass is 16.5. The molecule has 96 valence electrons. The molecule has 0 radical (unpaired) electrons. The lowest BCUT2D eigenvalue weighted by Gasteiger charge is -2.12. The molecule has 0 aliphatic carbocycles. The molecule has 0 aliphatic heterocycles. The van der Waals surface area contributed by atoms with Crippen LogP contribution in [0.15, 0.2) is 30.3 Å². The summed E-state index contributed by atoms with van der Waals surface area (Å²) in [5.41, 5.74) is 1.20. The summed E-state index contributed by atoms with van der Waals surface area (Å²) in [6.07, 6.45) is 2.49. The Morgan fingerprint density at radius 1 is 1.18 bits per heavy atom. The molecule has 0 bridgehead atoms. The van der Waals surface area contributed by atoms with Gasteiger partial charge in [0.05, 0.1) is 12.7 Å². The van der Waals surface area contributed by atoms with Crippen LogP contribution >= 0.6 is 0 Å². The Labute approximate surface area is 105 Å². The van der Waals surface area contributed by atoms with E-state index in [1.54, 1.807) is 0 Å². The van der Waals surface area contributed by atoms with E-state index in [0.29, 0.717) is 12.5 Å². The SMILES string of the molecule is CC(C)CC(O)CCCOCc1ccccc1. The molecular formula is C15H24O2. The van der Waals surface area contributed by atoms with Crippen molar-refractivity contribution in [3.05, 3.63) is 35.9 Å². The Balaban J connectivity index is 2.01. The van der Waals surface area contributed by atoms with Gasteiger partial charge in [0.25, 0.3) is 0 Å². The zero-order chi connectivity index (χ0) is 12.5. The number of rotatable bonds is 8. The predicted molar refractivity (Wildman–Crippen MR) is 70.8 cm³/mol. The normalized spacial score (nSPS) is 12.9. The standard InChI is InChI=1S/C15H24O2/c1-13(2)11-15(16)9-6-10-17-12-14-7-4-3-5-8-14/h3-5,7-8,13,15-16H,6,9-12H2,1-2H3. The maximum absolute atomic E-state index is 9.68. The second-order valence-corrected chi connectivity index (χ2v) is 4.96. The molecule has 0 saturated carbocycles. The molecule has 1 unspecified atom stereocenters. The number of ether oxygens (including phenoxy) is 1. The van der Waals surface area contributed by atoms with Crippen molar-refractivity contribution >= 4 is 0 Å². The van der Waals surface area contributed by atoms with Crippen molar-refractivity contribution in [1.29, 1.82) is 0 Å². The van der Waals surface area contributed by atoms with Crippen molar-refractivity contribution in [2.45, 2.75) is 45.8 Å². The first-order chi connectivity index (χ1) is 8.18. The van der Waals surface area contributed by atoms with Crippen LogP contribution in [-0.2, 0) is 11.3 Å². The minimum Gasteiger partial charge on any atom is -0.393 e. The van der Waals surface area contributed by atoms with Gasteiger partial charge in [-0.3, -0.25) is 0 Å². The van der Waals surface area contributed by atoms with Gasteiger partial charge in [-0.2, -0.15) is 0 Å². The first kappa shape index (κ1) is 14.2. The van der Waals surface area contributed by atoms with E-state index in [-0.39, 0.29) is 6.10 Å². The average Bonchev–Trinajstić information content (AvgIpc) is 2.29. The minimum absolute atomic E-state index is 0.171. The molecule has 0 saturated heterocycles. The summed E-state index contributed by atoms with van der Waals surface area (Å²) in [7, 11) is 0. The molecular weight excluding hydrogens is 212 g/mol. The number of hydrogen-bond donors (Lipinski definition) is 1. The molecule has 0 aromatic heterocycles. The van der Waals surface area contributed by atoms with Crippen molar-refractivity contribution in [1.82, 2.24) is 0 Å². The summed E-state index contributed by atoms with van der Waals surface area (Å²) in [5.74, 6) is 0.565. The molecule has 1 N–H and O–H groups in total. The van der Waals surface area contributed by atoms with E-state index >= 15 is 0 Å². The van der Waals surface area contributed by atoms with Gasteiger partial charge in [0.15, 0.2) is 0 Å². The monoisotopic (exact) mass is 236 g/mol. The Morgan fingerprint density at radius 2 is 1.88 bits per heavy atom. The van der Waals surface area contributed by atoms with Crippen LogP contribution < -0.4 is 0 Å². The summed E-state index contributed by atoms with van der Waals surface area (Å²) < 4.78 is 5.56. The van der Waals surface area contributed by atoms with E-state index in [0.717, 1.165) is 25.9 Å². The fourth-order valence-corrected chi connectivity index (χ4v) is 1.85. The third-order valence-electron chi connectivity index (χ3n) is 2.68. The van der Waals surface area contributed by atoms with Gasteiger partial charge in [0, 0.05) is 6.61 Å². The third kappa shape index (κ3) is 7.14. The molecule has 1 atom stereocenters. The van der Waals surface area contributed by atoms with E-state index in [1.165, 1.54) is 5.56 Å². The Hall–Kier alpha value is -0.860. The van der Waals surface area contributed by atoms with Gasteiger partial charge in [-0.15, -0.1) is 0 Å². The number of hydrogen-bond acceptors (Lipinski definition) is 2. The lowest BCUT2D eigenvalue weighted by Crippen LogP contribution is -2.11. The maximum Gasteiger partial charge on any atom is 0.0716 e. The zero-order valence-electron chi connectivity index (χ0n) is 10.9. The highest BCUT2D eigenvalue weighted by Crippen LogP contribution is 2.10. The topological polar surface area (TPSA) is 29.5 Å². The highest BCUT2D eigenvalue weighted by Gasteiger charge is 2.06. The highest BCUT2D eigenvalue weighted by molar-refractivity contribution is 5.13. The van der Waals surface area contributed by atoms with Crippen LogP contribution in [0.25, 0.3) is 0 Å². The van der Waals surface area contributed by atoms with E-state index in [4.69, 9.17) is 4.74 Å². The van der Waals surface area contributed by atoms with Crippen LogP contribution in [0.1, 0.15) is 38.7 Å². The fraction of sp³-hybridized carbons (Fsp3) is 0.600. The van der Waals surface area contributed by atoms with Crippen molar-refractivity contribution in [2.24, 2.45) is 5.92 Å². The maximum atomic E-state index is 9.68. The molecule has 2 nitrogen and oxygen atoms in total. The van der Waals surface area contributed by atoms with Gasteiger partial charge in [0.1, 0.15) is 0 Å². The van der Waals surface area contributed by atoms with Crippen molar-refractivity contribution < 1.29 is 9.84 Å². The van der Waals surface area contributed by atoms with Crippen LogP contribution in [-0.4, -0.2) is 17.8 Å². The Kier molecular flexibility index (Phi) is 6.90. The molecule has 0 fully saturated rings. The summed E-state index contributed by atoms with van der Waals surface area (Å²) in [5, 5.41) is 9.68. The molecule has 1 rings (SSSR count). The Morgan fingerprint density at radius 3 is 2.53 bits per heavy atom. The second kappa shape index (κ2) is 8.26. The molecule has 0 spiro atoms. The zero-order valence-corrected chi connectivity index (χ0v) is 10.9. The summed E-state index contributed by atoms with van der Waals surface area (Å²) in [4.78, 5) is 0. The van der Waals surface area contributed by atoms with E-state index in [2.05, 4.69) is 26.0 Å². The van der Waals surface area contributed by atoms with E-state index < -0.39 is 0 Å². The smallest absolute Gasteiger partial charge is 0.0716 e. The number of aliphatic hydroxyl groups is 1.